The van der Waals surface area contributed by atoms with Crippen molar-refractivity contribution in [2.24, 2.45) is 0 Å². The van der Waals surface area contributed by atoms with E-state index < -0.39 is 6.04 Å². The average Bonchev–Trinajstić information content (AvgIpc) is 2.79. The van der Waals surface area contributed by atoms with Crippen LogP contribution in [0.2, 0.25) is 10.0 Å². The van der Waals surface area contributed by atoms with E-state index in [4.69, 9.17) is 27.9 Å². The quantitative estimate of drug-likeness (QED) is 0.449. The Kier molecular flexibility index (Phi) is 8.37. The summed E-state index contributed by atoms with van der Waals surface area (Å²) in [5.74, 6) is 0.132. The summed E-state index contributed by atoms with van der Waals surface area (Å²) in [5, 5.41) is 5.60. The summed E-state index contributed by atoms with van der Waals surface area (Å²) in [6.45, 7) is 4.23. The number of carbonyl (C=O) groups excluding carboxylic acids is 2. The van der Waals surface area contributed by atoms with Gasteiger partial charge >= 0.3 is 0 Å². The van der Waals surface area contributed by atoms with Crippen LogP contribution in [0, 0.1) is 0 Å². The number of hydrogen-bond acceptors (Lipinski definition) is 3. The first kappa shape index (κ1) is 23.9. The van der Waals surface area contributed by atoms with E-state index >= 15 is 0 Å². The van der Waals surface area contributed by atoms with E-state index in [1.54, 1.807) is 18.2 Å². The van der Waals surface area contributed by atoms with Gasteiger partial charge in [-0.1, -0.05) is 72.6 Å². The molecule has 1 N–H and O–H groups in total. The smallest absolute Gasteiger partial charge is 0.261 e. The molecular formula is C25H26Cl2N2O3. The van der Waals surface area contributed by atoms with Gasteiger partial charge in [0.15, 0.2) is 6.61 Å². The third-order valence-electron chi connectivity index (χ3n) is 5.17. The van der Waals surface area contributed by atoms with Crippen LogP contribution in [0.3, 0.4) is 0 Å². The van der Waals surface area contributed by atoms with Crippen molar-refractivity contribution in [3.8, 4) is 5.75 Å². The van der Waals surface area contributed by atoms with E-state index in [0.29, 0.717) is 28.8 Å². The number of rotatable bonds is 9. The van der Waals surface area contributed by atoms with Crippen LogP contribution in [0.25, 0.3) is 10.8 Å². The van der Waals surface area contributed by atoms with Gasteiger partial charge in [0.05, 0.1) is 10.0 Å². The zero-order valence-corrected chi connectivity index (χ0v) is 19.6. The van der Waals surface area contributed by atoms with Crippen molar-refractivity contribution >= 4 is 45.8 Å². The molecule has 5 nitrogen and oxygen atoms in total. The number of halogens is 2. The number of likely N-dealkylation sites (N-methyl/N-ethyl adjacent to an activating group) is 1. The monoisotopic (exact) mass is 472 g/mol. The second-order valence-corrected chi connectivity index (χ2v) is 8.17. The molecule has 0 saturated carbocycles. The molecule has 32 heavy (non-hydrogen) atoms. The van der Waals surface area contributed by atoms with Crippen LogP contribution in [-0.4, -0.2) is 35.9 Å². The van der Waals surface area contributed by atoms with E-state index in [1.165, 1.54) is 4.90 Å². The summed E-state index contributed by atoms with van der Waals surface area (Å²) < 4.78 is 5.91. The Bertz CT molecular complexity index is 1100. The minimum Gasteiger partial charge on any atom is -0.483 e. The average molecular weight is 473 g/mol. The molecule has 3 aromatic carbocycles. The number of hydrogen-bond donors (Lipinski definition) is 1. The highest BCUT2D eigenvalue weighted by Crippen LogP contribution is 2.26. The van der Waals surface area contributed by atoms with E-state index in [1.807, 2.05) is 56.3 Å². The van der Waals surface area contributed by atoms with Gasteiger partial charge in [-0.2, -0.15) is 0 Å². The summed E-state index contributed by atoms with van der Waals surface area (Å²) >= 11 is 12.2. The Morgan fingerprint density at radius 2 is 1.75 bits per heavy atom. The summed E-state index contributed by atoms with van der Waals surface area (Å²) in [6, 6.07) is 18.1. The lowest BCUT2D eigenvalue weighted by molar-refractivity contribution is -0.142. The van der Waals surface area contributed by atoms with Crippen LogP contribution in [-0.2, 0) is 16.1 Å². The molecule has 0 bridgehead atoms. The van der Waals surface area contributed by atoms with Crippen molar-refractivity contribution < 1.29 is 14.3 Å². The molecule has 7 heteroatoms. The molecule has 0 aliphatic rings. The Morgan fingerprint density at radius 3 is 2.47 bits per heavy atom. The van der Waals surface area contributed by atoms with Crippen LogP contribution in [0.5, 0.6) is 5.75 Å². The number of nitrogens with one attached hydrogen (secondary N) is 1. The summed E-state index contributed by atoms with van der Waals surface area (Å²) in [6.07, 6.45) is 0.465. The fourth-order valence-electron chi connectivity index (χ4n) is 3.59. The molecule has 0 unspecified atom stereocenters. The minimum absolute atomic E-state index is 0.189. The van der Waals surface area contributed by atoms with Crippen LogP contribution < -0.4 is 10.1 Å². The fourth-order valence-corrected chi connectivity index (χ4v) is 3.91. The van der Waals surface area contributed by atoms with Crippen molar-refractivity contribution in [3.05, 3.63) is 76.3 Å². The number of nitrogens with zero attached hydrogens (tertiary/aromatic N) is 1. The molecule has 3 aromatic rings. The molecule has 2 amide bonds. The Morgan fingerprint density at radius 1 is 1.00 bits per heavy atom. The number of benzene rings is 3. The molecule has 1 atom stereocenters. The summed E-state index contributed by atoms with van der Waals surface area (Å²) in [4.78, 5) is 27.5. The second kappa shape index (κ2) is 11.2. The van der Waals surface area contributed by atoms with E-state index in [-0.39, 0.29) is 25.0 Å². The SMILES string of the molecule is CCNC(=O)[C@@H](CC)N(Cc1ccc(Cl)c(Cl)c1)C(=O)COc1cccc2ccccc12. The predicted molar refractivity (Wildman–Crippen MR) is 129 cm³/mol. The molecule has 0 saturated heterocycles. The third kappa shape index (κ3) is 5.72. The normalized spacial score (nSPS) is 11.8. The highest BCUT2D eigenvalue weighted by atomic mass is 35.5. The van der Waals surface area contributed by atoms with Gasteiger partial charge in [0.25, 0.3) is 5.91 Å². The third-order valence-corrected chi connectivity index (χ3v) is 5.91. The molecule has 0 aliphatic heterocycles. The van der Waals surface area contributed by atoms with E-state index in [0.717, 1.165) is 16.3 Å². The largest absolute Gasteiger partial charge is 0.483 e. The lowest BCUT2D eigenvalue weighted by Gasteiger charge is -2.30. The molecule has 0 aliphatic carbocycles. The highest BCUT2D eigenvalue weighted by Gasteiger charge is 2.28. The molecule has 168 valence electrons. The van der Waals surface area contributed by atoms with Gasteiger partial charge in [-0.25, -0.2) is 0 Å². The number of fused-ring (bicyclic) bond motifs is 1. The van der Waals surface area contributed by atoms with Crippen LogP contribution >= 0.6 is 23.2 Å². The van der Waals surface area contributed by atoms with Crippen molar-refractivity contribution in [1.29, 1.82) is 0 Å². The minimum atomic E-state index is -0.631. The second-order valence-electron chi connectivity index (χ2n) is 7.35. The molecule has 0 radical (unpaired) electrons. The Hall–Kier alpha value is -2.76. The van der Waals surface area contributed by atoms with Crippen molar-refractivity contribution in [3.63, 3.8) is 0 Å². The van der Waals surface area contributed by atoms with Gasteiger partial charge in [0.2, 0.25) is 5.91 Å². The zero-order valence-electron chi connectivity index (χ0n) is 18.1. The van der Waals surface area contributed by atoms with Gasteiger partial charge in [-0.3, -0.25) is 9.59 Å². The van der Waals surface area contributed by atoms with Gasteiger partial charge in [0, 0.05) is 18.5 Å². The van der Waals surface area contributed by atoms with Crippen LogP contribution in [0.15, 0.2) is 60.7 Å². The maximum absolute atomic E-state index is 13.3. The Labute approximate surface area is 198 Å². The molecular weight excluding hydrogens is 447 g/mol. The first-order valence-electron chi connectivity index (χ1n) is 10.6. The number of amides is 2. The van der Waals surface area contributed by atoms with Crippen LogP contribution in [0.4, 0.5) is 0 Å². The van der Waals surface area contributed by atoms with Gasteiger partial charge in [0.1, 0.15) is 11.8 Å². The molecule has 0 spiro atoms. The van der Waals surface area contributed by atoms with E-state index in [9.17, 15) is 9.59 Å². The molecule has 0 fully saturated rings. The predicted octanol–water partition coefficient (Wildman–Crippen LogP) is 5.47. The van der Waals surface area contributed by atoms with E-state index in [2.05, 4.69) is 5.32 Å². The maximum atomic E-state index is 13.3. The molecule has 0 aromatic heterocycles. The maximum Gasteiger partial charge on any atom is 0.261 e. The first-order chi connectivity index (χ1) is 15.4. The summed E-state index contributed by atoms with van der Waals surface area (Å²) in [5.41, 5.74) is 0.778. The standard InChI is InChI=1S/C25H26Cl2N2O3/c1-3-22(25(31)28-4-2)29(15-17-12-13-20(26)21(27)14-17)24(30)16-32-23-11-7-9-18-8-5-6-10-19(18)23/h5-14,22H,3-4,15-16H2,1-2H3,(H,28,31)/t22-/m1/s1. The lowest BCUT2D eigenvalue weighted by atomic mass is 10.1. The Balaban J connectivity index is 1.84. The topological polar surface area (TPSA) is 58.6 Å². The zero-order chi connectivity index (χ0) is 23.1. The van der Waals surface area contributed by atoms with Gasteiger partial charge in [-0.05, 0) is 42.5 Å². The molecule has 0 heterocycles. The number of carbonyl (C=O) groups is 2. The molecule has 3 rings (SSSR count). The first-order valence-corrected chi connectivity index (χ1v) is 11.3. The number of ether oxygens (including phenoxy) is 1. The van der Waals surface area contributed by atoms with Crippen molar-refractivity contribution in [2.45, 2.75) is 32.9 Å². The fraction of sp³-hybridized carbons (Fsp3) is 0.280. The van der Waals surface area contributed by atoms with Crippen molar-refractivity contribution in [1.82, 2.24) is 10.2 Å². The lowest BCUT2D eigenvalue weighted by Crippen LogP contribution is -2.50. The highest BCUT2D eigenvalue weighted by molar-refractivity contribution is 6.42. The summed E-state index contributed by atoms with van der Waals surface area (Å²) in [7, 11) is 0. The van der Waals surface area contributed by atoms with Crippen molar-refractivity contribution in [2.75, 3.05) is 13.2 Å². The van der Waals surface area contributed by atoms with Crippen LogP contribution in [0.1, 0.15) is 25.8 Å². The van der Waals surface area contributed by atoms with Gasteiger partial charge < -0.3 is 15.0 Å². The van der Waals surface area contributed by atoms with Gasteiger partial charge in [-0.15, -0.1) is 0 Å².